The molecule has 1 unspecified atom stereocenters. The Morgan fingerprint density at radius 2 is 1.96 bits per heavy atom. The average molecular weight is 383 g/mol. The van der Waals surface area contributed by atoms with Crippen LogP contribution in [0.15, 0.2) is 0 Å². The van der Waals surface area contributed by atoms with Crippen molar-refractivity contribution in [1.82, 2.24) is 10.6 Å². The Balaban J connectivity index is 2.07. The molecule has 2 aliphatic rings. The highest BCUT2D eigenvalue weighted by molar-refractivity contribution is 5.84. The molecule has 2 rings (SSSR count). The van der Waals surface area contributed by atoms with Gasteiger partial charge in [-0.25, -0.2) is 4.79 Å². The van der Waals surface area contributed by atoms with Gasteiger partial charge in [-0.05, 0) is 31.6 Å². The van der Waals surface area contributed by atoms with E-state index in [1.807, 2.05) is 13.8 Å². The van der Waals surface area contributed by atoms with Gasteiger partial charge in [0.1, 0.15) is 0 Å². The van der Waals surface area contributed by atoms with Gasteiger partial charge in [-0.3, -0.25) is 9.59 Å². The van der Waals surface area contributed by atoms with Crippen LogP contribution in [0.5, 0.6) is 0 Å². The van der Waals surface area contributed by atoms with Crippen LogP contribution in [-0.2, 0) is 14.3 Å². The summed E-state index contributed by atoms with van der Waals surface area (Å²) in [5.41, 5.74) is 4.65. The maximum Gasteiger partial charge on any atom is 0.405 e. The van der Waals surface area contributed by atoms with Crippen molar-refractivity contribution in [2.75, 3.05) is 13.2 Å². The summed E-state index contributed by atoms with van der Waals surface area (Å²) in [6.07, 6.45) is 4.32. The predicted molar refractivity (Wildman–Crippen MR) is 99.6 cm³/mol. The van der Waals surface area contributed by atoms with E-state index < -0.39 is 29.6 Å². The van der Waals surface area contributed by atoms with E-state index in [0.717, 1.165) is 25.7 Å². The van der Waals surface area contributed by atoms with Crippen LogP contribution in [0.3, 0.4) is 0 Å². The van der Waals surface area contributed by atoms with Crippen molar-refractivity contribution >= 4 is 17.9 Å². The van der Waals surface area contributed by atoms with Crippen molar-refractivity contribution in [3.63, 3.8) is 0 Å². The number of hydrogen-bond acceptors (Lipinski definition) is 5. The molecule has 0 radical (unpaired) electrons. The second-order valence-corrected chi connectivity index (χ2v) is 8.37. The first-order valence-corrected chi connectivity index (χ1v) is 9.90. The van der Waals surface area contributed by atoms with Crippen LogP contribution in [-0.4, -0.2) is 48.3 Å². The smallest absolute Gasteiger partial charge is 0.405 e. The largest absolute Gasteiger partial charge is 0.436 e. The third kappa shape index (κ3) is 5.57. The van der Waals surface area contributed by atoms with Crippen molar-refractivity contribution in [3.05, 3.63) is 0 Å². The standard InChI is InChI=1S/C19H33N3O5/c1-19(2,13-6-4-3-5-7-13)15(27-18(20)26)17(25)22-14(11-23)10-12-8-9-21-16(12)24/h12-15,23H,3-11H2,1-2H3,(H2,20,26)(H,21,24)(H,22,25)/t12-,14-,15?/m0/s1. The number of primary amides is 1. The summed E-state index contributed by atoms with van der Waals surface area (Å²) >= 11 is 0. The molecule has 0 bridgehead atoms. The maximum absolute atomic E-state index is 12.9. The summed E-state index contributed by atoms with van der Waals surface area (Å²) in [4.78, 5) is 36.1. The van der Waals surface area contributed by atoms with E-state index in [1.165, 1.54) is 6.42 Å². The van der Waals surface area contributed by atoms with Gasteiger partial charge in [-0.1, -0.05) is 33.1 Å². The van der Waals surface area contributed by atoms with Crippen molar-refractivity contribution in [2.45, 2.75) is 70.9 Å². The van der Waals surface area contributed by atoms with Gasteiger partial charge in [0.05, 0.1) is 12.6 Å². The Morgan fingerprint density at radius 3 is 2.48 bits per heavy atom. The third-order valence-electron chi connectivity index (χ3n) is 6.10. The SMILES string of the molecule is CC(C)(C1CCCCC1)C(OC(N)=O)C(=O)N[C@H](CO)C[C@@H]1CCNC1=O. The van der Waals surface area contributed by atoms with Gasteiger partial charge in [-0.15, -0.1) is 0 Å². The number of hydrogen-bond donors (Lipinski definition) is 4. The minimum Gasteiger partial charge on any atom is -0.436 e. The molecule has 0 spiro atoms. The molecule has 0 aromatic rings. The van der Waals surface area contributed by atoms with Crippen LogP contribution < -0.4 is 16.4 Å². The van der Waals surface area contributed by atoms with Crippen LogP contribution >= 0.6 is 0 Å². The number of nitrogens with one attached hydrogen (secondary N) is 2. The highest BCUT2D eigenvalue weighted by Gasteiger charge is 2.44. The fraction of sp³-hybridized carbons (Fsp3) is 0.842. The van der Waals surface area contributed by atoms with Crippen LogP contribution in [0.2, 0.25) is 0 Å². The van der Waals surface area contributed by atoms with Crippen molar-refractivity contribution in [3.8, 4) is 0 Å². The van der Waals surface area contributed by atoms with E-state index in [1.54, 1.807) is 0 Å². The van der Waals surface area contributed by atoms with Gasteiger partial charge in [0.25, 0.3) is 5.91 Å². The van der Waals surface area contributed by atoms with Gasteiger partial charge >= 0.3 is 6.09 Å². The number of carbonyl (C=O) groups excluding carboxylic acids is 3. The summed E-state index contributed by atoms with van der Waals surface area (Å²) in [6, 6.07) is -0.576. The Morgan fingerprint density at radius 1 is 1.30 bits per heavy atom. The molecule has 27 heavy (non-hydrogen) atoms. The second kappa shape index (κ2) is 9.39. The molecule has 154 valence electrons. The lowest BCUT2D eigenvalue weighted by Gasteiger charge is -2.41. The van der Waals surface area contributed by atoms with Crippen LogP contribution in [0.4, 0.5) is 4.79 Å². The van der Waals surface area contributed by atoms with Crippen molar-refractivity contribution in [1.29, 1.82) is 0 Å². The quantitative estimate of drug-likeness (QED) is 0.498. The lowest BCUT2D eigenvalue weighted by Crippen LogP contribution is -2.53. The first-order chi connectivity index (χ1) is 12.8. The monoisotopic (exact) mass is 383 g/mol. The number of amides is 3. The molecule has 8 nitrogen and oxygen atoms in total. The minimum absolute atomic E-state index is 0.0600. The maximum atomic E-state index is 12.9. The van der Waals surface area contributed by atoms with Crippen molar-refractivity contribution in [2.24, 2.45) is 23.0 Å². The summed E-state index contributed by atoms with van der Waals surface area (Å²) < 4.78 is 5.23. The van der Waals surface area contributed by atoms with Crippen LogP contribution in [0, 0.1) is 17.3 Å². The molecule has 0 aromatic carbocycles. The summed E-state index contributed by atoms with van der Waals surface area (Å²) in [5, 5.41) is 15.2. The fourth-order valence-corrected chi connectivity index (χ4v) is 4.39. The van der Waals surface area contributed by atoms with E-state index >= 15 is 0 Å². The van der Waals surface area contributed by atoms with E-state index in [4.69, 9.17) is 10.5 Å². The van der Waals surface area contributed by atoms with Gasteiger partial charge < -0.3 is 26.2 Å². The number of aliphatic hydroxyl groups excluding tert-OH is 1. The highest BCUT2D eigenvalue weighted by Crippen LogP contribution is 2.41. The lowest BCUT2D eigenvalue weighted by atomic mass is 9.67. The molecule has 1 saturated heterocycles. The summed E-state index contributed by atoms with van der Waals surface area (Å²) in [6.45, 7) is 4.17. The Hall–Kier alpha value is -1.83. The Kier molecular flexibility index (Phi) is 7.47. The van der Waals surface area contributed by atoms with Crippen LogP contribution in [0.25, 0.3) is 0 Å². The number of nitrogens with two attached hydrogens (primary N) is 1. The topological polar surface area (TPSA) is 131 Å². The van der Waals surface area contributed by atoms with Crippen molar-refractivity contribution < 1.29 is 24.2 Å². The average Bonchev–Trinajstić information content (AvgIpc) is 3.04. The molecule has 3 atom stereocenters. The normalized spacial score (nSPS) is 23.4. The molecule has 1 aliphatic carbocycles. The zero-order chi connectivity index (χ0) is 20.0. The third-order valence-corrected chi connectivity index (χ3v) is 6.10. The predicted octanol–water partition coefficient (Wildman–Crippen LogP) is 1.06. The van der Waals surface area contributed by atoms with Gasteiger partial charge in [0.15, 0.2) is 6.10 Å². The molecule has 5 N–H and O–H groups in total. The fourth-order valence-electron chi connectivity index (χ4n) is 4.39. The number of carbonyl (C=O) groups is 3. The zero-order valence-corrected chi connectivity index (χ0v) is 16.3. The molecule has 8 heteroatoms. The second-order valence-electron chi connectivity index (χ2n) is 8.37. The first kappa shape index (κ1) is 21.5. The molecule has 0 aromatic heterocycles. The van der Waals surface area contributed by atoms with Gasteiger partial charge in [0.2, 0.25) is 5.91 Å². The number of rotatable bonds is 8. The first-order valence-electron chi connectivity index (χ1n) is 9.90. The molecule has 3 amide bonds. The lowest BCUT2D eigenvalue weighted by molar-refractivity contribution is -0.140. The summed E-state index contributed by atoms with van der Waals surface area (Å²) in [5.74, 6) is -0.518. The minimum atomic E-state index is -1.04. The van der Waals surface area contributed by atoms with E-state index in [0.29, 0.717) is 19.4 Å². The molecule has 1 saturated carbocycles. The Bertz CT molecular complexity index is 545. The molecule has 1 aliphatic heterocycles. The van der Waals surface area contributed by atoms with Gasteiger partial charge in [-0.2, -0.15) is 0 Å². The molecule has 2 fully saturated rings. The van der Waals surface area contributed by atoms with E-state index in [2.05, 4.69) is 10.6 Å². The van der Waals surface area contributed by atoms with E-state index in [9.17, 15) is 19.5 Å². The Labute approximate surface area is 160 Å². The number of ether oxygens (including phenoxy) is 1. The molecular formula is C19H33N3O5. The summed E-state index contributed by atoms with van der Waals surface area (Å²) in [7, 11) is 0. The highest BCUT2D eigenvalue weighted by atomic mass is 16.6. The van der Waals surface area contributed by atoms with Gasteiger partial charge in [0, 0.05) is 17.9 Å². The zero-order valence-electron chi connectivity index (χ0n) is 16.3. The number of aliphatic hydroxyl groups is 1. The van der Waals surface area contributed by atoms with Crippen LogP contribution in [0.1, 0.15) is 58.8 Å². The molecular weight excluding hydrogens is 350 g/mol. The molecule has 1 heterocycles. The van der Waals surface area contributed by atoms with E-state index in [-0.39, 0.29) is 24.3 Å².